The second-order valence-electron chi connectivity index (χ2n) is 3.96. The van der Waals surface area contributed by atoms with Crippen molar-refractivity contribution < 1.29 is 14.1 Å². The maximum atomic E-state index is 13.4. The molecule has 0 fully saturated rings. The number of halogens is 1. The fourth-order valence-corrected chi connectivity index (χ4v) is 1.58. The first-order valence-electron chi connectivity index (χ1n) is 5.69. The zero-order chi connectivity index (χ0) is 14.5. The molecule has 102 valence electrons. The van der Waals surface area contributed by atoms with Crippen LogP contribution in [0.25, 0.3) is 0 Å². The number of pyridine rings is 1. The summed E-state index contributed by atoms with van der Waals surface area (Å²) < 4.78 is 13.4. The number of rotatable bonds is 4. The predicted molar refractivity (Wildman–Crippen MR) is 68.5 cm³/mol. The second-order valence-corrected chi connectivity index (χ2v) is 3.96. The number of nitro groups is 1. The quantitative estimate of drug-likeness (QED) is 0.683. The summed E-state index contributed by atoms with van der Waals surface area (Å²) in [6.45, 7) is 0.264. The Morgan fingerprint density at radius 1 is 1.30 bits per heavy atom. The molecule has 0 aliphatic carbocycles. The Morgan fingerprint density at radius 2 is 2.00 bits per heavy atom. The lowest BCUT2D eigenvalue weighted by molar-refractivity contribution is -0.387. The van der Waals surface area contributed by atoms with Gasteiger partial charge >= 0.3 is 5.69 Å². The van der Waals surface area contributed by atoms with E-state index in [4.69, 9.17) is 0 Å². The number of amides is 1. The van der Waals surface area contributed by atoms with Gasteiger partial charge in [-0.1, -0.05) is 0 Å². The van der Waals surface area contributed by atoms with Gasteiger partial charge in [-0.15, -0.1) is 0 Å². The van der Waals surface area contributed by atoms with Crippen molar-refractivity contribution in [1.29, 1.82) is 0 Å². The molecule has 1 amide bonds. The van der Waals surface area contributed by atoms with Crippen LogP contribution in [0, 0.1) is 15.9 Å². The summed E-state index contributed by atoms with van der Waals surface area (Å²) in [4.78, 5) is 25.3. The normalized spacial score (nSPS) is 10.1. The van der Waals surface area contributed by atoms with E-state index >= 15 is 0 Å². The first-order chi connectivity index (χ1) is 9.58. The van der Waals surface area contributed by atoms with Gasteiger partial charge in [0, 0.05) is 30.6 Å². The lowest BCUT2D eigenvalue weighted by Gasteiger charge is -2.05. The number of carbonyl (C=O) groups is 1. The average molecular weight is 275 g/mol. The van der Waals surface area contributed by atoms with E-state index < -0.39 is 22.3 Å². The maximum Gasteiger partial charge on any atom is 0.304 e. The minimum atomic E-state index is -1.04. The van der Waals surface area contributed by atoms with Gasteiger partial charge in [-0.05, 0) is 29.8 Å². The Labute approximate surface area is 113 Å². The zero-order valence-corrected chi connectivity index (χ0v) is 10.2. The Bertz CT molecular complexity index is 647. The number of aromatic nitrogens is 1. The van der Waals surface area contributed by atoms with Crippen molar-refractivity contribution in [2.24, 2.45) is 0 Å². The van der Waals surface area contributed by atoms with E-state index in [1.54, 1.807) is 24.5 Å². The lowest BCUT2D eigenvalue weighted by atomic mass is 10.2. The third kappa shape index (κ3) is 3.14. The molecule has 0 radical (unpaired) electrons. The minimum absolute atomic E-state index is 0.0298. The van der Waals surface area contributed by atoms with E-state index in [0.717, 1.165) is 17.7 Å². The van der Waals surface area contributed by atoms with Crippen LogP contribution in [0.2, 0.25) is 0 Å². The van der Waals surface area contributed by atoms with Crippen LogP contribution in [-0.4, -0.2) is 15.8 Å². The molecule has 1 aromatic carbocycles. The summed E-state index contributed by atoms with van der Waals surface area (Å²) in [7, 11) is 0. The van der Waals surface area contributed by atoms with Crippen LogP contribution >= 0.6 is 0 Å². The number of benzene rings is 1. The summed E-state index contributed by atoms with van der Waals surface area (Å²) in [6, 6.07) is 6.49. The Morgan fingerprint density at radius 3 is 2.60 bits per heavy atom. The summed E-state index contributed by atoms with van der Waals surface area (Å²) in [5, 5.41) is 13.1. The highest BCUT2D eigenvalue weighted by Crippen LogP contribution is 2.17. The SMILES string of the molecule is O=C(NCc1ccncc1)c1ccc([N+](=O)[O-])c(F)c1. The molecule has 0 saturated carbocycles. The van der Waals surface area contributed by atoms with Gasteiger partial charge < -0.3 is 5.32 Å². The Kier molecular flexibility index (Phi) is 3.99. The van der Waals surface area contributed by atoms with Crippen molar-refractivity contribution in [3.63, 3.8) is 0 Å². The van der Waals surface area contributed by atoms with E-state index in [1.165, 1.54) is 6.07 Å². The maximum absolute atomic E-state index is 13.4. The summed E-state index contributed by atoms with van der Waals surface area (Å²) in [5.74, 6) is -1.54. The Balaban J connectivity index is 2.06. The highest BCUT2D eigenvalue weighted by atomic mass is 19.1. The van der Waals surface area contributed by atoms with Crippen molar-refractivity contribution >= 4 is 11.6 Å². The number of nitrogens with zero attached hydrogens (tertiary/aromatic N) is 2. The van der Waals surface area contributed by atoms with Crippen molar-refractivity contribution in [2.75, 3.05) is 0 Å². The van der Waals surface area contributed by atoms with Gasteiger partial charge in [-0.3, -0.25) is 19.9 Å². The molecule has 0 unspecified atom stereocenters. The van der Waals surface area contributed by atoms with Crippen LogP contribution in [0.4, 0.5) is 10.1 Å². The molecule has 0 aliphatic heterocycles. The topological polar surface area (TPSA) is 85.1 Å². The van der Waals surface area contributed by atoms with Gasteiger partial charge in [-0.2, -0.15) is 4.39 Å². The number of carbonyl (C=O) groups excluding carboxylic acids is 1. The van der Waals surface area contributed by atoms with Crippen LogP contribution in [-0.2, 0) is 6.54 Å². The molecule has 6 nitrogen and oxygen atoms in total. The minimum Gasteiger partial charge on any atom is -0.348 e. The van der Waals surface area contributed by atoms with E-state index in [2.05, 4.69) is 10.3 Å². The smallest absolute Gasteiger partial charge is 0.304 e. The number of nitro benzene ring substituents is 1. The Hall–Kier alpha value is -2.83. The van der Waals surface area contributed by atoms with E-state index in [1.807, 2.05) is 0 Å². The number of nitrogens with one attached hydrogen (secondary N) is 1. The summed E-state index contributed by atoms with van der Waals surface area (Å²) in [5.41, 5.74) is 0.216. The van der Waals surface area contributed by atoms with Crippen LogP contribution in [0.3, 0.4) is 0 Å². The van der Waals surface area contributed by atoms with Gasteiger partial charge in [-0.25, -0.2) is 0 Å². The molecule has 0 aliphatic rings. The van der Waals surface area contributed by atoms with Crippen LogP contribution < -0.4 is 5.32 Å². The van der Waals surface area contributed by atoms with E-state index in [9.17, 15) is 19.3 Å². The van der Waals surface area contributed by atoms with Crippen LogP contribution in [0.15, 0.2) is 42.7 Å². The van der Waals surface area contributed by atoms with Crippen LogP contribution in [0.5, 0.6) is 0 Å². The molecule has 20 heavy (non-hydrogen) atoms. The first-order valence-corrected chi connectivity index (χ1v) is 5.69. The van der Waals surface area contributed by atoms with Gasteiger partial charge in [0.15, 0.2) is 0 Å². The van der Waals surface area contributed by atoms with Crippen molar-refractivity contribution in [3.05, 3.63) is 69.8 Å². The zero-order valence-electron chi connectivity index (χ0n) is 10.2. The molecular formula is C13H10FN3O3. The largest absolute Gasteiger partial charge is 0.348 e. The van der Waals surface area contributed by atoms with Gasteiger partial charge in [0.25, 0.3) is 5.91 Å². The highest BCUT2D eigenvalue weighted by molar-refractivity contribution is 5.94. The monoisotopic (exact) mass is 275 g/mol. The van der Waals surface area contributed by atoms with Gasteiger partial charge in [0.2, 0.25) is 5.82 Å². The molecular weight excluding hydrogens is 265 g/mol. The molecule has 1 aromatic heterocycles. The van der Waals surface area contributed by atoms with Gasteiger partial charge in [0.1, 0.15) is 0 Å². The predicted octanol–water partition coefficient (Wildman–Crippen LogP) is 2.06. The van der Waals surface area contributed by atoms with Crippen molar-refractivity contribution in [3.8, 4) is 0 Å². The molecule has 1 N–H and O–H groups in total. The third-order valence-electron chi connectivity index (χ3n) is 2.61. The standard InChI is InChI=1S/C13H10FN3O3/c14-11-7-10(1-2-12(11)17(19)20)13(18)16-8-9-3-5-15-6-4-9/h1-7H,8H2,(H,16,18). The highest BCUT2D eigenvalue weighted by Gasteiger charge is 2.16. The van der Waals surface area contributed by atoms with Gasteiger partial charge in [0.05, 0.1) is 4.92 Å². The molecule has 0 spiro atoms. The third-order valence-corrected chi connectivity index (χ3v) is 2.61. The summed E-state index contributed by atoms with van der Waals surface area (Å²) in [6.07, 6.45) is 3.18. The molecule has 1 heterocycles. The van der Waals surface area contributed by atoms with Crippen molar-refractivity contribution in [2.45, 2.75) is 6.54 Å². The second kappa shape index (κ2) is 5.87. The van der Waals surface area contributed by atoms with Crippen LogP contribution in [0.1, 0.15) is 15.9 Å². The molecule has 7 heteroatoms. The number of hydrogen-bond acceptors (Lipinski definition) is 4. The fraction of sp³-hybridized carbons (Fsp3) is 0.0769. The molecule has 0 bridgehead atoms. The van der Waals surface area contributed by atoms with E-state index in [0.29, 0.717) is 0 Å². The molecule has 0 atom stereocenters. The first kappa shape index (κ1) is 13.6. The lowest BCUT2D eigenvalue weighted by Crippen LogP contribution is -2.22. The van der Waals surface area contributed by atoms with E-state index in [-0.39, 0.29) is 12.1 Å². The summed E-state index contributed by atoms with van der Waals surface area (Å²) >= 11 is 0. The molecule has 0 saturated heterocycles. The molecule has 2 aromatic rings. The fourth-order valence-electron chi connectivity index (χ4n) is 1.58. The molecule has 2 rings (SSSR count). The number of hydrogen-bond donors (Lipinski definition) is 1. The van der Waals surface area contributed by atoms with Crippen molar-refractivity contribution in [1.82, 2.24) is 10.3 Å². The average Bonchev–Trinajstić information content (AvgIpc) is 2.45.